The maximum absolute atomic E-state index is 12.7. The predicted octanol–water partition coefficient (Wildman–Crippen LogP) is 4.38. The molecule has 1 aromatic carbocycles. The van der Waals surface area contributed by atoms with E-state index in [1.54, 1.807) is 23.1 Å². The van der Waals surface area contributed by atoms with Crippen LogP contribution in [-0.2, 0) is 23.4 Å². The summed E-state index contributed by atoms with van der Waals surface area (Å²) in [6, 6.07) is 5.77. The number of nitrogens with zero attached hydrogens (tertiary/aromatic N) is 1. The summed E-state index contributed by atoms with van der Waals surface area (Å²) in [5.74, 6) is 3.63. The lowest BCUT2D eigenvalue weighted by Crippen LogP contribution is -2.32. The average Bonchev–Trinajstić information content (AvgIpc) is 3.41. The van der Waals surface area contributed by atoms with Crippen LogP contribution in [0, 0.1) is 5.92 Å². The Kier molecular flexibility index (Phi) is 6.83. The molecule has 0 saturated carbocycles. The van der Waals surface area contributed by atoms with Crippen molar-refractivity contribution in [2.24, 2.45) is 5.92 Å². The van der Waals surface area contributed by atoms with Crippen LogP contribution < -0.4 is 20.3 Å². The third kappa shape index (κ3) is 4.81. The van der Waals surface area contributed by atoms with Gasteiger partial charge in [0.2, 0.25) is 5.91 Å². The zero-order chi connectivity index (χ0) is 23.7. The van der Waals surface area contributed by atoms with Crippen LogP contribution in [0.25, 0.3) is 10.2 Å². The van der Waals surface area contributed by atoms with Crippen molar-refractivity contribution in [2.75, 3.05) is 19.0 Å². The molecule has 1 unspecified atom stereocenters. The SMILES string of the molecule is CC(C)C(NC(=O)CCSCc1nc2sc3c(c2c(=O)[nH]1)CCC3)c1ccc2c(c1)OCCO2. The van der Waals surface area contributed by atoms with Crippen molar-refractivity contribution in [3.05, 3.63) is 50.4 Å². The number of rotatable bonds is 8. The molecule has 34 heavy (non-hydrogen) atoms. The van der Waals surface area contributed by atoms with E-state index in [0.29, 0.717) is 37.0 Å². The van der Waals surface area contributed by atoms with E-state index in [9.17, 15) is 9.59 Å². The number of H-pyrrole nitrogens is 1. The second-order valence-corrected chi connectivity index (χ2v) is 11.2. The number of carbonyl (C=O) groups is 1. The van der Waals surface area contributed by atoms with Gasteiger partial charge in [-0.3, -0.25) is 9.59 Å². The molecule has 5 rings (SSSR count). The third-order valence-corrected chi connectivity index (χ3v) is 8.40. The van der Waals surface area contributed by atoms with Crippen LogP contribution >= 0.6 is 23.1 Å². The van der Waals surface area contributed by atoms with Gasteiger partial charge in [-0.25, -0.2) is 4.98 Å². The zero-order valence-electron chi connectivity index (χ0n) is 19.4. The van der Waals surface area contributed by atoms with Gasteiger partial charge in [0.1, 0.15) is 23.9 Å². The molecule has 180 valence electrons. The molecular weight excluding hydrogens is 470 g/mol. The molecule has 2 aliphatic rings. The van der Waals surface area contributed by atoms with Gasteiger partial charge in [0, 0.05) is 17.1 Å². The summed E-state index contributed by atoms with van der Waals surface area (Å²) in [7, 11) is 0. The first-order valence-corrected chi connectivity index (χ1v) is 13.8. The van der Waals surface area contributed by atoms with Gasteiger partial charge >= 0.3 is 0 Å². The maximum Gasteiger partial charge on any atom is 0.259 e. The van der Waals surface area contributed by atoms with E-state index in [1.807, 2.05) is 18.2 Å². The number of aryl methyl sites for hydroxylation is 2. The fourth-order valence-corrected chi connectivity index (χ4v) is 6.67. The van der Waals surface area contributed by atoms with Gasteiger partial charge < -0.3 is 19.8 Å². The van der Waals surface area contributed by atoms with Crippen LogP contribution in [0.2, 0.25) is 0 Å². The number of amides is 1. The first-order chi connectivity index (χ1) is 16.5. The van der Waals surface area contributed by atoms with Crippen molar-refractivity contribution in [3.63, 3.8) is 0 Å². The second-order valence-electron chi connectivity index (χ2n) is 9.05. The van der Waals surface area contributed by atoms with Gasteiger partial charge in [0.15, 0.2) is 11.5 Å². The summed E-state index contributed by atoms with van der Waals surface area (Å²) in [4.78, 5) is 35.1. The first-order valence-electron chi connectivity index (χ1n) is 11.8. The zero-order valence-corrected chi connectivity index (χ0v) is 21.1. The molecule has 0 spiro atoms. The summed E-state index contributed by atoms with van der Waals surface area (Å²) in [6.45, 7) is 5.28. The summed E-state index contributed by atoms with van der Waals surface area (Å²) in [6.07, 6.45) is 3.56. The third-order valence-electron chi connectivity index (χ3n) is 6.24. The molecule has 9 heteroatoms. The number of hydrogen-bond acceptors (Lipinski definition) is 7. The summed E-state index contributed by atoms with van der Waals surface area (Å²) < 4.78 is 11.3. The number of hydrogen-bond donors (Lipinski definition) is 2. The van der Waals surface area contributed by atoms with E-state index in [4.69, 9.17) is 9.47 Å². The van der Waals surface area contributed by atoms with E-state index < -0.39 is 0 Å². The highest BCUT2D eigenvalue weighted by atomic mass is 32.2. The van der Waals surface area contributed by atoms with Gasteiger partial charge in [0.25, 0.3) is 5.56 Å². The van der Waals surface area contributed by atoms with Crippen LogP contribution in [0.5, 0.6) is 11.5 Å². The lowest BCUT2D eigenvalue weighted by molar-refractivity contribution is -0.121. The van der Waals surface area contributed by atoms with Crippen molar-refractivity contribution in [1.29, 1.82) is 0 Å². The summed E-state index contributed by atoms with van der Waals surface area (Å²) >= 11 is 3.26. The molecule has 3 aromatic rings. The molecule has 0 bridgehead atoms. The molecule has 1 amide bonds. The second kappa shape index (κ2) is 10.00. The Hall–Kier alpha value is -2.52. The number of carbonyl (C=O) groups excluding carboxylic acids is 1. The quantitative estimate of drug-likeness (QED) is 0.447. The molecule has 0 fully saturated rings. The van der Waals surface area contributed by atoms with Crippen molar-refractivity contribution in [3.8, 4) is 11.5 Å². The molecular formula is C25H29N3O4S2. The number of nitrogens with one attached hydrogen (secondary N) is 2. The standard InChI is InChI=1S/C25H29N3O4S2/c1-14(2)23(15-6-7-17-18(12-15)32-10-9-31-17)28-21(29)8-11-33-13-20-26-24(30)22-16-4-3-5-19(16)34-25(22)27-20/h6-7,12,14,23H,3-5,8-11,13H2,1-2H3,(H,28,29)(H,26,27,30). The fourth-order valence-electron chi connectivity index (χ4n) is 4.58. The van der Waals surface area contributed by atoms with Gasteiger partial charge in [0.05, 0.1) is 17.2 Å². The Morgan fingerprint density at radius 2 is 2.06 bits per heavy atom. The number of aromatic nitrogens is 2. The van der Waals surface area contributed by atoms with Crippen molar-refractivity contribution >= 4 is 39.2 Å². The number of fused-ring (bicyclic) bond motifs is 4. The van der Waals surface area contributed by atoms with Gasteiger partial charge in [-0.2, -0.15) is 11.8 Å². The van der Waals surface area contributed by atoms with Crippen LogP contribution in [0.3, 0.4) is 0 Å². The number of benzene rings is 1. The van der Waals surface area contributed by atoms with E-state index in [1.165, 1.54) is 10.4 Å². The smallest absolute Gasteiger partial charge is 0.259 e. The molecule has 0 saturated heterocycles. The average molecular weight is 500 g/mol. The molecule has 3 heterocycles. The predicted molar refractivity (Wildman–Crippen MR) is 136 cm³/mol. The van der Waals surface area contributed by atoms with E-state index in [2.05, 4.69) is 29.1 Å². The highest BCUT2D eigenvalue weighted by Gasteiger charge is 2.22. The highest BCUT2D eigenvalue weighted by molar-refractivity contribution is 7.98. The van der Waals surface area contributed by atoms with Gasteiger partial charge in [-0.05, 0) is 48.4 Å². The minimum atomic E-state index is -0.102. The number of thiophene rings is 1. The molecule has 1 atom stereocenters. The van der Waals surface area contributed by atoms with Crippen molar-refractivity contribution in [2.45, 2.75) is 51.3 Å². The van der Waals surface area contributed by atoms with Gasteiger partial charge in [-0.1, -0.05) is 19.9 Å². The van der Waals surface area contributed by atoms with E-state index >= 15 is 0 Å². The summed E-state index contributed by atoms with van der Waals surface area (Å²) in [5, 5.41) is 3.95. The number of thioether (sulfide) groups is 1. The Balaban J connectivity index is 1.16. The number of aromatic amines is 1. The lowest BCUT2D eigenvalue weighted by atomic mass is 9.95. The Labute approximate surface area is 206 Å². The normalized spacial score (nSPS) is 15.5. The first kappa shape index (κ1) is 23.2. The minimum absolute atomic E-state index is 0.00711. The summed E-state index contributed by atoms with van der Waals surface area (Å²) in [5.41, 5.74) is 2.18. The Bertz CT molecular complexity index is 1270. The fraction of sp³-hybridized carbons (Fsp3) is 0.480. The van der Waals surface area contributed by atoms with Crippen LogP contribution in [0.1, 0.15) is 54.6 Å². The lowest BCUT2D eigenvalue weighted by Gasteiger charge is -2.25. The van der Waals surface area contributed by atoms with E-state index in [0.717, 1.165) is 46.5 Å². The molecule has 1 aliphatic heterocycles. The van der Waals surface area contributed by atoms with Crippen LogP contribution in [0.4, 0.5) is 0 Å². The van der Waals surface area contributed by atoms with Crippen molar-refractivity contribution < 1.29 is 14.3 Å². The Morgan fingerprint density at radius 1 is 1.24 bits per heavy atom. The number of ether oxygens (including phenoxy) is 2. The van der Waals surface area contributed by atoms with E-state index in [-0.39, 0.29) is 23.4 Å². The van der Waals surface area contributed by atoms with Crippen LogP contribution in [-0.4, -0.2) is 34.8 Å². The largest absolute Gasteiger partial charge is 0.486 e. The Morgan fingerprint density at radius 3 is 2.88 bits per heavy atom. The molecule has 0 radical (unpaired) electrons. The molecule has 2 aromatic heterocycles. The molecule has 2 N–H and O–H groups in total. The molecule has 7 nitrogen and oxygen atoms in total. The molecule has 1 aliphatic carbocycles. The van der Waals surface area contributed by atoms with Gasteiger partial charge in [-0.15, -0.1) is 11.3 Å². The maximum atomic E-state index is 12.7. The van der Waals surface area contributed by atoms with Crippen molar-refractivity contribution in [1.82, 2.24) is 15.3 Å². The minimum Gasteiger partial charge on any atom is -0.486 e. The monoisotopic (exact) mass is 499 g/mol. The highest BCUT2D eigenvalue weighted by Crippen LogP contribution is 2.35. The topological polar surface area (TPSA) is 93.3 Å². The van der Waals surface area contributed by atoms with Crippen LogP contribution in [0.15, 0.2) is 23.0 Å².